The molecule has 8 nitrogen and oxygen atoms in total. The molecule has 2 rings (SSSR count). The van der Waals surface area contributed by atoms with Crippen LogP contribution in [0.15, 0.2) is 24.9 Å². The van der Waals surface area contributed by atoms with Crippen molar-refractivity contribution in [2.24, 2.45) is 7.05 Å². The van der Waals surface area contributed by atoms with E-state index in [0.717, 1.165) is 12.8 Å². The summed E-state index contributed by atoms with van der Waals surface area (Å²) in [6.45, 7) is 2.01. The highest BCUT2D eigenvalue weighted by Crippen LogP contribution is 2.18. The van der Waals surface area contributed by atoms with E-state index in [2.05, 4.69) is 25.7 Å². The maximum atomic E-state index is 12.1. The van der Waals surface area contributed by atoms with Gasteiger partial charge in [-0.05, 0) is 6.42 Å². The van der Waals surface area contributed by atoms with Crippen LogP contribution in [-0.4, -0.2) is 31.6 Å². The minimum atomic E-state index is -0.351. The van der Waals surface area contributed by atoms with Gasteiger partial charge in [0.05, 0.1) is 18.0 Å². The topological polar surface area (TPSA) is 102 Å². The van der Waals surface area contributed by atoms with Crippen molar-refractivity contribution in [2.45, 2.75) is 26.2 Å². The predicted octanol–water partition coefficient (Wildman–Crippen LogP) is 1.59. The highest BCUT2D eigenvalue weighted by molar-refractivity contribution is 6.06. The standard InChI is InChI=1S/C14H18N6O2/c1-3-4-5-12(21)18-11-7-15-9-16-13(11)19-14(22)10-6-17-20(2)8-10/h6-9H,3-5H2,1-2H3,(H,18,21)(H,15,16,19,22). The van der Waals surface area contributed by atoms with Gasteiger partial charge in [-0.2, -0.15) is 5.10 Å². The van der Waals surface area contributed by atoms with Gasteiger partial charge in [-0.15, -0.1) is 0 Å². The molecule has 0 saturated heterocycles. The first-order valence-corrected chi connectivity index (χ1v) is 7.00. The largest absolute Gasteiger partial charge is 0.322 e. The number of carbonyl (C=O) groups excluding carboxylic acids is 2. The van der Waals surface area contributed by atoms with Crippen LogP contribution >= 0.6 is 0 Å². The van der Waals surface area contributed by atoms with Crippen LogP contribution in [0, 0.1) is 0 Å². The van der Waals surface area contributed by atoms with Crippen LogP contribution in [0.4, 0.5) is 11.5 Å². The normalized spacial score (nSPS) is 10.3. The Bertz CT molecular complexity index is 667. The third-order valence-electron chi connectivity index (χ3n) is 2.94. The second kappa shape index (κ2) is 7.30. The average Bonchev–Trinajstić information content (AvgIpc) is 2.94. The third kappa shape index (κ3) is 4.11. The van der Waals surface area contributed by atoms with Crippen LogP contribution in [0.25, 0.3) is 0 Å². The Balaban J connectivity index is 2.08. The van der Waals surface area contributed by atoms with Crippen LogP contribution in [0.5, 0.6) is 0 Å². The van der Waals surface area contributed by atoms with Gasteiger partial charge in [0.2, 0.25) is 5.91 Å². The number of unbranched alkanes of at least 4 members (excludes halogenated alkanes) is 1. The summed E-state index contributed by atoms with van der Waals surface area (Å²) in [5, 5.41) is 9.29. The molecule has 0 aliphatic rings. The van der Waals surface area contributed by atoms with Crippen LogP contribution < -0.4 is 10.6 Å². The third-order valence-corrected chi connectivity index (χ3v) is 2.94. The van der Waals surface area contributed by atoms with Crippen molar-refractivity contribution in [1.82, 2.24) is 19.7 Å². The Morgan fingerprint density at radius 1 is 1.27 bits per heavy atom. The van der Waals surface area contributed by atoms with Gasteiger partial charge in [0.15, 0.2) is 5.82 Å². The monoisotopic (exact) mass is 302 g/mol. The van der Waals surface area contributed by atoms with Crippen molar-refractivity contribution in [2.75, 3.05) is 10.6 Å². The maximum Gasteiger partial charge on any atom is 0.260 e. The fourth-order valence-electron chi connectivity index (χ4n) is 1.79. The van der Waals surface area contributed by atoms with Crippen molar-refractivity contribution in [1.29, 1.82) is 0 Å². The minimum absolute atomic E-state index is 0.131. The molecule has 8 heteroatoms. The van der Waals surface area contributed by atoms with Crippen LogP contribution in [0.3, 0.4) is 0 Å². The van der Waals surface area contributed by atoms with E-state index in [1.807, 2.05) is 6.92 Å². The van der Waals surface area contributed by atoms with Gasteiger partial charge < -0.3 is 10.6 Å². The molecule has 0 bridgehead atoms. The van der Waals surface area contributed by atoms with E-state index in [1.54, 1.807) is 13.2 Å². The van der Waals surface area contributed by atoms with Crippen LogP contribution in [0.1, 0.15) is 36.5 Å². The average molecular weight is 302 g/mol. The van der Waals surface area contributed by atoms with Gasteiger partial charge in [-0.1, -0.05) is 13.3 Å². The van der Waals surface area contributed by atoms with E-state index in [1.165, 1.54) is 23.4 Å². The molecule has 0 aliphatic heterocycles. The number of rotatable bonds is 6. The second-order valence-corrected chi connectivity index (χ2v) is 4.79. The summed E-state index contributed by atoms with van der Waals surface area (Å²) in [5.74, 6) is -0.224. The Kier molecular flexibility index (Phi) is 5.18. The number of carbonyl (C=O) groups is 2. The van der Waals surface area contributed by atoms with E-state index >= 15 is 0 Å². The zero-order chi connectivity index (χ0) is 15.9. The number of amides is 2. The van der Waals surface area contributed by atoms with Gasteiger partial charge in [0.25, 0.3) is 5.91 Å². The minimum Gasteiger partial charge on any atom is -0.322 e. The Morgan fingerprint density at radius 2 is 2.09 bits per heavy atom. The second-order valence-electron chi connectivity index (χ2n) is 4.79. The number of aromatic nitrogens is 4. The van der Waals surface area contributed by atoms with Crippen molar-refractivity contribution in [3.63, 3.8) is 0 Å². The molecule has 116 valence electrons. The molecule has 0 fully saturated rings. The first-order valence-electron chi connectivity index (χ1n) is 7.00. The van der Waals surface area contributed by atoms with Gasteiger partial charge in [0, 0.05) is 19.7 Å². The summed E-state index contributed by atoms with van der Waals surface area (Å²) in [7, 11) is 1.72. The zero-order valence-electron chi connectivity index (χ0n) is 12.5. The molecule has 2 heterocycles. The number of hydrogen-bond acceptors (Lipinski definition) is 5. The Hall–Kier alpha value is -2.77. The number of nitrogens with one attached hydrogen (secondary N) is 2. The lowest BCUT2D eigenvalue weighted by atomic mass is 10.2. The molecule has 2 aromatic rings. The van der Waals surface area contributed by atoms with Gasteiger partial charge in [-0.25, -0.2) is 9.97 Å². The van der Waals surface area contributed by atoms with Crippen LogP contribution in [0.2, 0.25) is 0 Å². The molecule has 0 radical (unpaired) electrons. The summed E-state index contributed by atoms with van der Waals surface area (Å²) in [5.41, 5.74) is 0.783. The summed E-state index contributed by atoms with van der Waals surface area (Å²) in [6, 6.07) is 0. The lowest BCUT2D eigenvalue weighted by Gasteiger charge is -2.09. The van der Waals surface area contributed by atoms with E-state index in [4.69, 9.17) is 0 Å². The SMILES string of the molecule is CCCCC(=O)Nc1cncnc1NC(=O)c1cnn(C)c1. The molecule has 22 heavy (non-hydrogen) atoms. The molecule has 0 atom stereocenters. The van der Waals surface area contributed by atoms with E-state index in [0.29, 0.717) is 17.7 Å². The Morgan fingerprint density at radius 3 is 2.77 bits per heavy atom. The Labute approximate surface area is 128 Å². The predicted molar refractivity (Wildman–Crippen MR) is 81.3 cm³/mol. The summed E-state index contributed by atoms with van der Waals surface area (Å²) in [4.78, 5) is 31.8. The molecule has 2 aromatic heterocycles. The van der Waals surface area contributed by atoms with Gasteiger partial charge in [-0.3, -0.25) is 14.3 Å². The zero-order valence-corrected chi connectivity index (χ0v) is 12.5. The molecule has 2 N–H and O–H groups in total. The molecule has 0 unspecified atom stereocenters. The number of aryl methyl sites for hydroxylation is 1. The molecule has 2 amide bonds. The van der Waals surface area contributed by atoms with Crippen molar-refractivity contribution in [3.05, 3.63) is 30.5 Å². The van der Waals surface area contributed by atoms with E-state index in [9.17, 15) is 9.59 Å². The molecule has 0 saturated carbocycles. The highest BCUT2D eigenvalue weighted by atomic mass is 16.2. The lowest BCUT2D eigenvalue weighted by Crippen LogP contribution is -2.17. The molecule has 0 spiro atoms. The fourth-order valence-corrected chi connectivity index (χ4v) is 1.79. The highest BCUT2D eigenvalue weighted by Gasteiger charge is 2.13. The molecular weight excluding hydrogens is 284 g/mol. The van der Waals surface area contributed by atoms with Gasteiger partial charge in [0.1, 0.15) is 12.0 Å². The fraction of sp³-hybridized carbons (Fsp3) is 0.357. The first-order chi connectivity index (χ1) is 10.6. The van der Waals surface area contributed by atoms with Crippen molar-refractivity contribution >= 4 is 23.3 Å². The molecular formula is C14H18N6O2. The van der Waals surface area contributed by atoms with Gasteiger partial charge >= 0.3 is 0 Å². The van der Waals surface area contributed by atoms with Crippen LogP contribution in [-0.2, 0) is 11.8 Å². The van der Waals surface area contributed by atoms with Crippen molar-refractivity contribution < 1.29 is 9.59 Å². The van der Waals surface area contributed by atoms with Crippen molar-refractivity contribution in [3.8, 4) is 0 Å². The number of hydrogen-bond donors (Lipinski definition) is 2. The summed E-state index contributed by atoms with van der Waals surface area (Å²) >= 11 is 0. The number of nitrogens with zero attached hydrogens (tertiary/aromatic N) is 4. The number of anilines is 2. The lowest BCUT2D eigenvalue weighted by molar-refractivity contribution is -0.116. The van der Waals surface area contributed by atoms with E-state index in [-0.39, 0.29) is 17.6 Å². The first kappa shape index (κ1) is 15.6. The molecule has 0 aliphatic carbocycles. The smallest absolute Gasteiger partial charge is 0.260 e. The molecule has 0 aromatic carbocycles. The quantitative estimate of drug-likeness (QED) is 0.843. The summed E-state index contributed by atoms with van der Waals surface area (Å²) in [6.07, 6.45) is 7.96. The summed E-state index contributed by atoms with van der Waals surface area (Å²) < 4.78 is 1.53. The van der Waals surface area contributed by atoms with E-state index < -0.39 is 0 Å². The maximum absolute atomic E-state index is 12.1.